The van der Waals surface area contributed by atoms with Gasteiger partial charge in [-0.15, -0.1) is 0 Å². The average molecular weight is 250 g/mol. The van der Waals surface area contributed by atoms with Gasteiger partial charge in [0.1, 0.15) is 5.78 Å². The third-order valence-electron chi connectivity index (χ3n) is 4.90. The van der Waals surface area contributed by atoms with Crippen molar-refractivity contribution in [3.63, 3.8) is 0 Å². The molecule has 3 heteroatoms. The van der Waals surface area contributed by atoms with Gasteiger partial charge in [0.05, 0.1) is 12.5 Å². The SMILES string of the molecule is COC(=O)C1=C[C@H]2CC(C)(C)C[C@H]2[C@@]1(C)C(C)=O. The highest BCUT2D eigenvalue weighted by molar-refractivity contribution is 6.00. The molecule has 0 spiro atoms. The van der Waals surface area contributed by atoms with Crippen molar-refractivity contribution in [3.8, 4) is 0 Å². The third-order valence-corrected chi connectivity index (χ3v) is 4.90. The van der Waals surface area contributed by atoms with E-state index in [-0.39, 0.29) is 23.1 Å². The van der Waals surface area contributed by atoms with Crippen molar-refractivity contribution in [2.75, 3.05) is 7.11 Å². The molecule has 1 saturated carbocycles. The second-order valence-corrected chi connectivity index (χ2v) is 6.67. The number of carbonyl (C=O) groups is 2. The zero-order valence-electron chi connectivity index (χ0n) is 11.9. The lowest BCUT2D eigenvalue weighted by atomic mass is 9.69. The summed E-state index contributed by atoms with van der Waals surface area (Å²) in [5.41, 5.74) is 0.165. The second-order valence-electron chi connectivity index (χ2n) is 6.67. The first-order valence-corrected chi connectivity index (χ1v) is 6.54. The van der Waals surface area contributed by atoms with Crippen molar-refractivity contribution in [2.24, 2.45) is 22.7 Å². The van der Waals surface area contributed by atoms with Crippen LogP contribution in [0.25, 0.3) is 0 Å². The number of allylic oxidation sites excluding steroid dienone is 1. The molecule has 0 radical (unpaired) electrons. The second kappa shape index (κ2) is 3.94. The van der Waals surface area contributed by atoms with Crippen LogP contribution in [0.1, 0.15) is 40.5 Å². The summed E-state index contributed by atoms with van der Waals surface area (Å²) in [6, 6.07) is 0. The van der Waals surface area contributed by atoms with Gasteiger partial charge in [-0.25, -0.2) is 4.79 Å². The molecular weight excluding hydrogens is 228 g/mol. The van der Waals surface area contributed by atoms with Crippen LogP contribution in [0.5, 0.6) is 0 Å². The Kier molecular flexibility index (Phi) is 2.91. The lowest BCUT2D eigenvalue weighted by Crippen LogP contribution is -2.36. The zero-order chi connectivity index (χ0) is 13.7. The number of rotatable bonds is 2. The number of hydrogen-bond donors (Lipinski definition) is 0. The van der Waals surface area contributed by atoms with Crippen LogP contribution >= 0.6 is 0 Å². The number of methoxy groups -OCH3 is 1. The lowest BCUT2D eigenvalue weighted by molar-refractivity contribution is -0.140. The van der Waals surface area contributed by atoms with Gasteiger partial charge in [-0.3, -0.25) is 4.79 Å². The summed E-state index contributed by atoms with van der Waals surface area (Å²) in [5, 5.41) is 0. The number of ketones is 1. The summed E-state index contributed by atoms with van der Waals surface area (Å²) in [4.78, 5) is 24.0. The molecule has 0 bridgehead atoms. The fraction of sp³-hybridized carbons (Fsp3) is 0.733. The maximum atomic E-state index is 12.1. The highest BCUT2D eigenvalue weighted by Crippen LogP contribution is 2.59. The van der Waals surface area contributed by atoms with Gasteiger partial charge in [0.15, 0.2) is 0 Å². The summed E-state index contributed by atoms with van der Waals surface area (Å²) in [6.07, 6.45) is 4.03. The van der Waals surface area contributed by atoms with Crippen LogP contribution in [-0.2, 0) is 14.3 Å². The first kappa shape index (κ1) is 13.3. The van der Waals surface area contributed by atoms with Gasteiger partial charge in [0, 0.05) is 5.57 Å². The predicted molar refractivity (Wildman–Crippen MR) is 68.9 cm³/mol. The maximum Gasteiger partial charge on any atom is 0.334 e. The molecule has 0 aromatic carbocycles. The van der Waals surface area contributed by atoms with E-state index in [1.807, 2.05) is 13.0 Å². The van der Waals surface area contributed by atoms with E-state index < -0.39 is 5.41 Å². The van der Waals surface area contributed by atoms with Crippen LogP contribution < -0.4 is 0 Å². The molecule has 2 rings (SSSR count). The molecular formula is C15H22O3. The molecule has 0 amide bonds. The number of fused-ring (bicyclic) bond motifs is 1. The molecule has 1 fully saturated rings. The van der Waals surface area contributed by atoms with Crippen molar-refractivity contribution in [1.29, 1.82) is 0 Å². The van der Waals surface area contributed by atoms with Crippen LogP contribution in [0, 0.1) is 22.7 Å². The minimum atomic E-state index is -0.661. The van der Waals surface area contributed by atoms with E-state index in [0.717, 1.165) is 12.8 Å². The Hall–Kier alpha value is -1.12. The zero-order valence-corrected chi connectivity index (χ0v) is 11.9. The molecule has 0 aromatic heterocycles. The van der Waals surface area contributed by atoms with Gasteiger partial charge in [-0.1, -0.05) is 19.9 Å². The van der Waals surface area contributed by atoms with Crippen LogP contribution in [0.15, 0.2) is 11.6 Å². The summed E-state index contributed by atoms with van der Waals surface area (Å²) >= 11 is 0. The van der Waals surface area contributed by atoms with Crippen molar-refractivity contribution in [3.05, 3.63) is 11.6 Å². The average Bonchev–Trinajstić information content (AvgIpc) is 2.71. The minimum absolute atomic E-state index is 0.0735. The van der Waals surface area contributed by atoms with Crippen LogP contribution in [-0.4, -0.2) is 18.9 Å². The number of ether oxygens (including phenoxy) is 1. The maximum absolute atomic E-state index is 12.1. The molecule has 100 valence electrons. The van der Waals surface area contributed by atoms with Gasteiger partial charge in [-0.2, -0.15) is 0 Å². The summed E-state index contributed by atoms with van der Waals surface area (Å²) in [7, 11) is 1.38. The van der Waals surface area contributed by atoms with E-state index >= 15 is 0 Å². The van der Waals surface area contributed by atoms with E-state index in [4.69, 9.17) is 4.74 Å². The van der Waals surface area contributed by atoms with Crippen molar-refractivity contribution in [2.45, 2.75) is 40.5 Å². The molecule has 0 aliphatic heterocycles. The van der Waals surface area contributed by atoms with E-state index in [9.17, 15) is 9.59 Å². The number of carbonyl (C=O) groups excluding carboxylic acids is 2. The molecule has 0 heterocycles. The number of hydrogen-bond acceptors (Lipinski definition) is 3. The molecule has 18 heavy (non-hydrogen) atoms. The topological polar surface area (TPSA) is 43.4 Å². The monoisotopic (exact) mass is 250 g/mol. The van der Waals surface area contributed by atoms with Gasteiger partial charge in [0.25, 0.3) is 0 Å². The first-order valence-electron chi connectivity index (χ1n) is 6.54. The lowest BCUT2D eigenvalue weighted by Gasteiger charge is -2.32. The van der Waals surface area contributed by atoms with Crippen molar-refractivity contribution in [1.82, 2.24) is 0 Å². The molecule has 0 aromatic rings. The molecule has 2 aliphatic carbocycles. The predicted octanol–water partition coefficient (Wildman–Crippen LogP) is 2.75. The van der Waals surface area contributed by atoms with Crippen LogP contribution in [0.4, 0.5) is 0 Å². The first-order chi connectivity index (χ1) is 8.22. The van der Waals surface area contributed by atoms with Gasteiger partial charge < -0.3 is 4.74 Å². The van der Waals surface area contributed by atoms with E-state index in [1.165, 1.54) is 7.11 Å². The highest BCUT2D eigenvalue weighted by atomic mass is 16.5. The minimum Gasteiger partial charge on any atom is -0.466 e. The smallest absolute Gasteiger partial charge is 0.334 e. The van der Waals surface area contributed by atoms with E-state index in [1.54, 1.807) is 6.92 Å². The Bertz CT molecular complexity index is 433. The molecule has 0 saturated heterocycles. The molecule has 0 N–H and O–H groups in total. The van der Waals surface area contributed by atoms with Crippen LogP contribution in [0.3, 0.4) is 0 Å². The quantitative estimate of drug-likeness (QED) is 0.708. The van der Waals surface area contributed by atoms with Crippen molar-refractivity contribution >= 4 is 11.8 Å². The summed E-state index contributed by atoms with van der Waals surface area (Å²) in [5.74, 6) is 0.311. The van der Waals surface area contributed by atoms with Crippen molar-refractivity contribution < 1.29 is 14.3 Å². The Morgan fingerprint density at radius 2 is 1.89 bits per heavy atom. The molecule has 0 unspecified atom stereocenters. The summed E-state index contributed by atoms with van der Waals surface area (Å²) < 4.78 is 4.84. The van der Waals surface area contributed by atoms with Gasteiger partial charge in [-0.05, 0) is 43.9 Å². The number of Topliss-reactive ketones (excluding diaryl/α,β-unsaturated/α-hetero) is 1. The highest BCUT2D eigenvalue weighted by Gasteiger charge is 2.57. The number of esters is 1. The van der Waals surface area contributed by atoms with E-state index in [0.29, 0.717) is 11.5 Å². The summed E-state index contributed by atoms with van der Waals surface area (Å²) in [6.45, 7) is 7.96. The fourth-order valence-corrected chi connectivity index (χ4v) is 3.85. The Labute approximate surface area is 109 Å². The molecule has 2 aliphatic rings. The Balaban J connectivity index is 2.44. The molecule has 3 atom stereocenters. The van der Waals surface area contributed by atoms with Crippen LogP contribution in [0.2, 0.25) is 0 Å². The largest absolute Gasteiger partial charge is 0.466 e. The molecule has 3 nitrogen and oxygen atoms in total. The van der Waals surface area contributed by atoms with E-state index in [2.05, 4.69) is 13.8 Å². The van der Waals surface area contributed by atoms with Gasteiger partial charge in [0.2, 0.25) is 0 Å². The van der Waals surface area contributed by atoms with Gasteiger partial charge >= 0.3 is 5.97 Å². The normalized spacial score (nSPS) is 37.1. The Morgan fingerprint density at radius 3 is 2.39 bits per heavy atom. The third kappa shape index (κ3) is 1.72. The fourth-order valence-electron chi connectivity index (χ4n) is 3.85. The standard InChI is InChI=1S/C15H22O3/c1-9(16)15(4)11(13(17)18-5)6-10-7-14(2,3)8-12(10)15/h6,10,12H,7-8H2,1-5H3/t10-,12+,15-/m0/s1. The Morgan fingerprint density at radius 1 is 1.28 bits per heavy atom.